The van der Waals surface area contributed by atoms with E-state index in [1.165, 1.54) is 4.88 Å². The molecule has 15 heavy (non-hydrogen) atoms. The number of carbonyl (C=O) groups is 1. The van der Waals surface area contributed by atoms with Gasteiger partial charge in [-0.3, -0.25) is 9.78 Å². The predicted octanol–water partition coefficient (Wildman–Crippen LogP) is 1.32. The topological polar surface area (TPSA) is 54.0 Å². The zero-order chi connectivity index (χ0) is 11.1. The third kappa shape index (κ3) is 4.40. The van der Waals surface area contributed by atoms with Gasteiger partial charge in [0.25, 0.3) is 0 Å². The largest absolute Gasteiger partial charge is 0.356 e. The van der Waals surface area contributed by atoms with Crippen LogP contribution in [-0.2, 0) is 4.79 Å². The molecule has 84 valence electrons. The Bertz CT molecular complexity index is 287. The van der Waals surface area contributed by atoms with E-state index in [2.05, 4.69) is 22.5 Å². The van der Waals surface area contributed by atoms with Gasteiger partial charge in [-0.05, 0) is 13.8 Å². The minimum absolute atomic E-state index is 0.0986. The summed E-state index contributed by atoms with van der Waals surface area (Å²) < 4.78 is 0. The van der Waals surface area contributed by atoms with Crippen LogP contribution >= 0.6 is 11.3 Å². The van der Waals surface area contributed by atoms with Crippen LogP contribution in [0.2, 0.25) is 0 Å². The molecule has 0 spiro atoms. The quantitative estimate of drug-likeness (QED) is 0.770. The molecular weight excluding hydrogens is 210 g/mol. The second kappa shape index (κ2) is 6.53. The van der Waals surface area contributed by atoms with Crippen LogP contribution in [0.1, 0.15) is 31.2 Å². The highest BCUT2D eigenvalue weighted by Crippen LogP contribution is 2.15. The fourth-order valence-corrected chi connectivity index (χ4v) is 1.88. The van der Waals surface area contributed by atoms with Crippen LogP contribution in [0.5, 0.6) is 0 Å². The maximum atomic E-state index is 11.2. The first-order valence-electron chi connectivity index (χ1n) is 5.12. The maximum absolute atomic E-state index is 11.2. The lowest BCUT2D eigenvalue weighted by Gasteiger charge is -2.10. The fraction of sp³-hybridized carbons (Fsp3) is 0.600. The number of nitrogens with one attached hydrogen (secondary N) is 2. The summed E-state index contributed by atoms with van der Waals surface area (Å²) in [6, 6.07) is 0.270. The zero-order valence-corrected chi connectivity index (χ0v) is 9.93. The second-order valence-electron chi connectivity index (χ2n) is 3.28. The van der Waals surface area contributed by atoms with E-state index in [4.69, 9.17) is 0 Å². The lowest BCUT2D eigenvalue weighted by Crippen LogP contribution is -2.28. The van der Waals surface area contributed by atoms with Crippen LogP contribution < -0.4 is 10.6 Å². The van der Waals surface area contributed by atoms with Gasteiger partial charge >= 0.3 is 0 Å². The lowest BCUT2D eigenvalue weighted by atomic mass is 10.3. The molecule has 1 amide bonds. The van der Waals surface area contributed by atoms with Gasteiger partial charge in [0.2, 0.25) is 5.91 Å². The van der Waals surface area contributed by atoms with Crippen LogP contribution in [-0.4, -0.2) is 24.0 Å². The molecule has 1 aromatic rings. The van der Waals surface area contributed by atoms with Crippen molar-refractivity contribution in [3.05, 3.63) is 16.6 Å². The van der Waals surface area contributed by atoms with Gasteiger partial charge in [0, 0.05) is 36.6 Å². The molecule has 0 aliphatic rings. The molecule has 0 aliphatic carbocycles. The molecule has 1 aromatic heterocycles. The molecule has 0 bridgehead atoms. The summed E-state index contributed by atoms with van der Waals surface area (Å²) in [6.45, 7) is 5.39. The summed E-state index contributed by atoms with van der Waals surface area (Å²) in [6.07, 6.45) is 2.38. The first kappa shape index (κ1) is 12.1. The lowest BCUT2D eigenvalue weighted by molar-refractivity contribution is -0.120. The number of rotatable bonds is 6. The molecule has 0 radical (unpaired) electrons. The summed E-state index contributed by atoms with van der Waals surface area (Å²) in [5.41, 5.74) is 1.82. The first-order valence-corrected chi connectivity index (χ1v) is 6.00. The Hall–Kier alpha value is -0.940. The summed E-state index contributed by atoms with van der Waals surface area (Å²) >= 11 is 1.63. The minimum atomic E-state index is 0.0986. The fourth-order valence-electron chi connectivity index (χ4n) is 1.23. The van der Waals surface area contributed by atoms with E-state index in [0.717, 1.165) is 0 Å². The average molecular weight is 227 g/mol. The molecule has 1 atom stereocenters. The Labute approximate surface area is 94.1 Å². The van der Waals surface area contributed by atoms with Gasteiger partial charge in [-0.25, -0.2) is 0 Å². The molecule has 1 unspecified atom stereocenters. The van der Waals surface area contributed by atoms with Gasteiger partial charge in [0.15, 0.2) is 0 Å². The van der Waals surface area contributed by atoms with E-state index >= 15 is 0 Å². The number of hydrogen-bond acceptors (Lipinski definition) is 4. The average Bonchev–Trinajstić information content (AvgIpc) is 2.70. The number of amides is 1. The zero-order valence-electron chi connectivity index (χ0n) is 9.12. The number of aromatic nitrogens is 1. The van der Waals surface area contributed by atoms with Crippen molar-refractivity contribution in [2.75, 3.05) is 13.1 Å². The molecule has 0 fully saturated rings. The van der Waals surface area contributed by atoms with Crippen LogP contribution in [0.4, 0.5) is 0 Å². The van der Waals surface area contributed by atoms with Crippen LogP contribution in [0.3, 0.4) is 0 Å². The monoisotopic (exact) mass is 227 g/mol. The smallest absolute Gasteiger partial charge is 0.221 e. The Kier molecular flexibility index (Phi) is 5.28. The number of thiazole rings is 1. The molecule has 0 saturated carbocycles. The summed E-state index contributed by atoms with van der Waals surface area (Å²) in [5.74, 6) is 0.0986. The number of hydrogen-bond donors (Lipinski definition) is 2. The highest BCUT2D eigenvalue weighted by atomic mass is 32.1. The van der Waals surface area contributed by atoms with Gasteiger partial charge in [0.05, 0.1) is 5.51 Å². The van der Waals surface area contributed by atoms with E-state index in [1.807, 2.05) is 18.6 Å². The Balaban J connectivity index is 2.18. The molecule has 2 N–H and O–H groups in total. The van der Waals surface area contributed by atoms with E-state index in [1.54, 1.807) is 11.3 Å². The molecule has 4 nitrogen and oxygen atoms in total. The van der Waals surface area contributed by atoms with Crippen LogP contribution in [0.15, 0.2) is 11.7 Å². The summed E-state index contributed by atoms with van der Waals surface area (Å²) in [4.78, 5) is 16.4. The van der Waals surface area contributed by atoms with Crippen molar-refractivity contribution in [1.82, 2.24) is 15.6 Å². The minimum Gasteiger partial charge on any atom is -0.356 e. The van der Waals surface area contributed by atoms with E-state index < -0.39 is 0 Å². The van der Waals surface area contributed by atoms with Gasteiger partial charge in [-0.15, -0.1) is 11.3 Å². The number of carbonyl (C=O) groups excluding carboxylic acids is 1. The third-order valence-electron chi connectivity index (χ3n) is 2.05. The van der Waals surface area contributed by atoms with Crippen molar-refractivity contribution in [2.24, 2.45) is 0 Å². The second-order valence-corrected chi connectivity index (χ2v) is 4.20. The first-order chi connectivity index (χ1) is 7.24. The van der Waals surface area contributed by atoms with Crippen molar-refractivity contribution in [2.45, 2.75) is 26.3 Å². The SMILES string of the molecule is CCNC(=O)CCNC(C)c1cncs1. The Morgan fingerprint density at radius 1 is 1.67 bits per heavy atom. The predicted molar refractivity (Wildman–Crippen MR) is 61.8 cm³/mol. The molecule has 5 heteroatoms. The van der Waals surface area contributed by atoms with Crippen LogP contribution in [0.25, 0.3) is 0 Å². The molecule has 0 aliphatic heterocycles. The molecule has 0 saturated heterocycles. The molecule has 0 aromatic carbocycles. The van der Waals surface area contributed by atoms with Gasteiger partial charge < -0.3 is 10.6 Å². The van der Waals surface area contributed by atoms with Crippen LogP contribution in [0, 0.1) is 0 Å². The number of nitrogens with zero attached hydrogens (tertiary/aromatic N) is 1. The molecular formula is C10H17N3OS. The maximum Gasteiger partial charge on any atom is 0.221 e. The van der Waals surface area contributed by atoms with E-state index in [0.29, 0.717) is 19.5 Å². The van der Waals surface area contributed by atoms with Crippen molar-refractivity contribution in [3.63, 3.8) is 0 Å². The van der Waals surface area contributed by atoms with E-state index in [9.17, 15) is 4.79 Å². The third-order valence-corrected chi connectivity index (χ3v) is 3.01. The van der Waals surface area contributed by atoms with Gasteiger partial charge in [0.1, 0.15) is 0 Å². The van der Waals surface area contributed by atoms with Gasteiger partial charge in [-0.2, -0.15) is 0 Å². The standard InChI is InChI=1S/C10H17N3OS/c1-3-12-10(14)4-5-13-8(2)9-6-11-7-15-9/h6-8,13H,3-5H2,1-2H3,(H,12,14). The normalized spacial score (nSPS) is 12.4. The molecule has 1 rings (SSSR count). The summed E-state index contributed by atoms with van der Waals surface area (Å²) in [7, 11) is 0. The van der Waals surface area contributed by atoms with Crippen molar-refractivity contribution in [1.29, 1.82) is 0 Å². The van der Waals surface area contributed by atoms with E-state index in [-0.39, 0.29) is 11.9 Å². The molecule has 1 heterocycles. The highest BCUT2D eigenvalue weighted by molar-refractivity contribution is 7.09. The van der Waals surface area contributed by atoms with Gasteiger partial charge in [-0.1, -0.05) is 0 Å². The van der Waals surface area contributed by atoms with Crippen molar-refractivity contribution in [3.8, 4) is 0 Å². The van der Waals surface area contributed by atoms with Crippen molar-refractivity contribution >= 4 is 17.2 Å². The highest BCUT2D eigenvalue weighted by Gasteiger charge is 2.06. The Morgan fingerprint density at radius 3 is 3.07 bits per heavy atom. The Morgan fingerprint density at radius 2 is 2.47 bits per heavy atom. The summed E-state index contributed by atoms with van der Waals surface area (Å²) in [5, 5.41) is 6.05. The van der Waals surface area contributed by atoms with Crippen molar-refractivity contribution < 1.29 is 4.79 Å².